The molecule has 1 aromatic carbocycles. The predicted molar refractivity (Wildman–Crippen MR) is 52.1 cm³/mol. The first-order valence-electron chi connectivity index (χ1n) is 4.92. The second-order valence-corrected chi connectivity index (χ2v) is 4.21. The summed E-state index contributed by atoms with van der Waals surface area (Å²) in [7, 11) is 0. The highest BCUT2D eigenvalue weighted by molar-refractivity contribution is 5.28. The molecule has 0 aliphatic heterocycles. The molecule has 0 heterocycles. The maximum Gasteiger partial charge on any atom is 0.126 e. The average molecular weight is 178 g/mol. The highest BCUT2D eigenvalue weighted by Crippen LogP contribution is 2.41. The first-order chi connectivity index (χ1) is 6.18. The first-order valence-corrected chi connectivity index (χ1v) is 4.92. The van der Waals surface area contributed by atoms with Crippen LogP contribution in [0, 0.1) is 24.6 Å². The molecule has 1 fully saturated rings. The summed E-state index contributed by atoms with van der Waals surface area (Å²) in [5.41, 5.74) is 2.02. The number of hydrogen-bond acceptors (Lipinski definition) is 0. The lowest BCUT2D eigenvalue weighted by molar-refractivity contribution is 0.594. The standard InChI is InChI=1S/C12H15F/c1-8-4-3-5-12(13)11(8)7-10-6-9(10)2/h3-5,9-10H,6-7H2,1-2H3. The predicted octanol–water partition coefficient (Wildman–Crippen LogP) is 3.33. The monoisotopic (exact) mass is 178 g/mol. The van der Waals surface area contributed by atoms with Crippen LogP contribution in [-0.4, -0.2) is 0 Å². The highest BCUT2D eigenvalue weighted by Gasteiger charge is 2.33. The van der Waals surface area contributed by atoms with E-state index in [1.807, 2.05) is 13.0 Å². The minimum absolute atomic E-state index is 0.0286. The first kappa shape index (κ1) is 8.74. The molecule has 1 heteroatoms. The molecule has 1 aliphatic carbocycles. The molecule has 0 amide bonds. The largest absolute Gasteiger partial charge is 0.207 e. The molecule has 0 radical (unpaired) electrons. The molecule has 2 rings (SSSR count). The third-order valence-electron chi connectivity index (χ3n) is 3.10. The second kappa shape index (κ2) is 3.13. The molecule has 1 saturated carbocycles. The van der Waals surface area contributed by atoms with Gasteiger partial charge in [0.05, 0.1) is 0 Å². The molecule has 0 aromatic heterocycles. The van der Waals surface area contributed by atoms with Gasteiger partial charge in [0.2, 0.25) is 0 Å². The summed E-state index contributed by atoms with van der Waals surface area (Å²) in [5, 5.41) is 0. The molecule has 13 heavy (non-hydrogen) atoms. The lowest BCUT2D eigenvalue weighted by atomic mass is 10.0. The smallest absolute Gasteiger partial charge is 0.126 e. The van der Waals surface area contributed by atoms with E-state index in [9.17, 15) is 4.39 Å². The van der Waals surface area contributed by atoms with Crippen LogP contribution in [0.3, 0.4) is 0 Å². The zero-order valence-corrected chi connectivity index (χ0v) is 8.18. The molecule has 0 bridgehead atoms. The number of aryl methyl sites for hydroxylation is 1. The second-order valence-electron chi connectivity index (χ2n) is 4.21. The SMILES string of the molecule is Cc1cccc(F)c1CC1CC1C. The zero-order valence-electron chi connectivity index (χ0n) is 8.18. The van der Waals surface area contributed by atoms with Crippen molar-refractivity contribution in [2.45, 2.75) is 26.7 Å². The van der Waals surface area contributed by atoms with E-state index in [1.165, 1.54) is 6.42 Å². The Morgan fingerprint density at radius 2 is 2.15 bits per heavy atom. The van der Waals surface area contributed by atoms with Crippen LogP contribution in [-0.2, 0) is 6.42 Å². The van der Waals surface area contributed by atoms with Crippen molar-refractivity contribution in [3.8, 4) is 0 Å². The van der Waals surface area contributed by atoms with E-state index in [0.29, 0.717) is 0 Å². The molecule has 0 saturated heterocycles. The van der Waals surface area contributed by atoms with Gasteiger partial charge >= 0.3 is 0 Å². The molecule has 0 spiro atoms. The van der Waals surface area contributed by atoms with Crippen molar-refractivity contribution in [2.75, 3.05) is 0 Å². The fourth-order valence-electron chi connectivity index (χ4n) is 1.87. The topological polar surface area (TPSA) is 0 Å². The summed E-state index contributed by atoms with van der Waals surface area (Å²) in [6.45, 7) is 4.23. The van der Waals surface area contributed by atoms with E-state index >= 15 is 0 Å². The lowest BCUT2D eigenvalue weighted by Gasteiger charge is -2.05. The van der Waals surface area contributed by atoms with Crippen molar-refractivity contribution < 1.29 is 4.39 Å². The maximum absolute atomic E-state index is 13.4. The van der Waals surface area contributed by atoms with Crippen LogP contribution in [0.5, 0.6) is 0 Å². The third kappa shape index (κ3) is 1.74. The van der Waals surface area contributed by atoms with Gasteiger partial charge in [-0.3, -0.25) is 0 Å². The van der Waals surface area contributed by atoms with E-state index in [1.54, 1.807) is 12.1 Å². The molecular weight excluding hydrogens is 163 g/mol. The molecule has 2 atom stereocenters. The molecule has 70 valence electrons. The Bertz CT molecular complexity index is 297. The van der Waals surface area contributed by atoms with Crippen molar-refractivity contribution >= 4 is 0 Å². The van der Waals surface area contributed by atoms with Crippen LogP contribution in [0.25, 0.3) is 0 Å². The number of hydrogen-bond donors (Lipinski definition) is 0. The summed E-state index contributed by atoms with van der Waals surface area (Å²) >= 11 is 0. The molecule has 1 aliphatic rings. The van der Waals surface area contributed by atoms with Gasteiger partial charge in [-0.2, -0.15) is 0 Å². The van der Waals surface area contributed by atoms with Gasteiger partial charge in [-0.1, -0.05) is 19.1 Å². The van der Waals surface area contributed by atoms with Gasteiger partial charge in [0.25, 0.3) is 0 Å². The summed E-state index contributed by atoms with van der Waals surface area (Å²) in [4.78, 5) is 0. The molecule has 0 N–H and O–H groups in total. The van der Waals surface area contributed by atoms with E-state index in [-0.39, 0.29) is 5.82 Å². The average Bonchev–Trinajstić information content (AvgIpc) is 2.75. The van der Waals surface area contributed by atoms with Gasteiger partial charge < -0.3 is 0 Å². The molecule has 2 unspecified atom stereocenters. The van der Waals surface area contributed by atoms with Crippen LogP contribution in [0.2, 0.25) is 0 Å². The normalized spacial score (nSPS) is 26.1. The zero-order chi connectivity index (χ0) is 9.42. The maximum atomic E-state index is 13.4. The van der Waals surface area contributed by atoms with E-state index in [4.69, 9.17) is 0 Å². The van der Waals surface area contributed by atoms with Crippen molar-refractivity contribution in [2.24, 2.45) is 11.8 Å². The minimum atomic E-state index is -0.0286. The van der Waals surface area contributed by atoms with Crippen LogP contribution < -0.4 is 0 Å². The molecule has 0 nitrogen and oxygen atoms in total. The van der Waals surface area contributed by atoms with Crippen LogP contribution in [0.4, 0.5) is 4.39 Å². The van der Waals surface area contributed by atoms with Crippen molar-refractivity contribution in [3.05, 3.63) is 35.1 Å². The number of rotatable bonds is 2. The van der Waals surface area contributed by atoms with Gasteiger partial charge in [0.1, 0.15) is 5.82 Å². The summed E-state index contributed by atoms with van der Waals surface area (Å²) in [5.74, 6) is 1.51. The van der Waals surface area contributed by atoms with Crippen LogP contribution in [0.1, 0.15) is 24.5 Å². The summed E-state index contributed by atoms with van der Waals surface area (Å²) in [6.07, 6.45) is 2.20. The third-order valence-corrected chi connectivity index (χ3v) is 3.10. The Hall–Kier alpha value is -0.850. The minimum Gasteiger partial charge on any atom is -0.207 e. The van der Waals surface area contributed by atoms with Gasteiger partial charge in [0, 0.05) is 0 Å². The fourth-order valence-corrected chi connectivity index (χ4v) is 1.87. The van der Waals surface area contributed by atoms with Crippen molar-refractivity contribution in [1.82, 2.24) is 0 Å². The van der Waals surface area contributed by atoms with Crippen LogP contribution >= 0.6 is 0 Å². The number of halogens is 1. The highest BCUT2D eigenvalue weighted by atomic mass is 19.1. The summed E-state index contributed by atoms with van der Waals surface area (Å²) in [6, 6.07) is 5.34. The Morgan fingerprint density at radius 1 is 1.46 bits per heavy atom. The summed E-state index contributed by atoms with van der Waals surface area (Å²) < 4.78 is 13.4. The Labute approximate surface area is 78.8 Å². The molecule has 1 aromatic rings. The van der Waals surface area contributed by atoms with E-state index in [2.05, 4.69) is 6.92 Å². The quantitative estimate of drug-likeness (QED) is 0.651. The Kier molecular flexibility index (Phi) is 2.10. The van der Waals surface area contributed by atoms with Gasteiger partial charge in [-0.15, -0.1) is 0 Å². The van der Waals surface area contributed by atoms with E-state index < -0.39 is 0 Å². The lowest BCUT2D eigenvalue weighted by Crippen LogP contribution is -1.96. The Morgan fingerprint density at radius 3 is 2.69 bits per heavy atom. The number of benzene rings is 1. The Balaban J connectivity index is 2.18. The molecular formula is C12H15F. The van der Waals surface area contributed by atoms with Gasteiger partial charge in [0.15, 0.2) is 0 Å². The van der Waals surface area contributed by atoms with Crippen molar-refractivity contribution in [3.63, 3.8) is 0 Å². The van der Waals surface area contributed by atoms with Gasteiger partial charge in [-0.05, 0) is 48.8 Å². The van der Waals surface area contributed by atoms with E-state index in [0.717, 1.165) is 29.4 Å². The van der Waals surface area contributed by atoms with Crippen LogP contribution in [0.15, 0.2) is 18.2 Å². The van der Waals surface area contributed by atoms with Crippen molar-refractivity contribution in [1.29, 1.82) is 0 Å². The fraction of sp³-hybridized carbons (Fsp3) is 0.500. The van der Waals surface area contributed by atoms with Gasteiger partial charge in [-0.25, -0.2) is 4.39 Å².